The molecule has 1 atom stereocenters. The van der Waals surface area contributed by atoms with Crippen LogP contribution >= 0.6 is 35.4 Å². The highest BCUT2D eigenvalue weighted by atomic mass is 35.5. The van der Waals surface area contributed by atoms with Crippen molar-refractivity contribution >= 4 is 41.3 Å². The van der Waals surface area contributed by atoms with E-state index >= 15 is 0 Å². The van der Waals surface area contributed by atoms with Gasteiger partial charge < -0.3 is 9.88 Å². The first-order chi connectivity index (χ1) is 9.35. The Labute approximate surface area is 132 Å². The summed E-state index contributed by atoms with van der Waals surface area (Å²) in [5.74, 6) is 1.40. The molecule has 110 valence electrons. The number of carbonyl (C=O) groups excluding carboxylic acids is 1. The lowest BCUT2D eigenvalue weighted by atomic mass is 10.1. The molecule has 3 rings (SSSR count). The van der Waals surface area contributed by atoms with Gasteiger partial charge in [-0.15, -0.1) is 23.2 Å². The van der Waals surface area contributed by atoms with E-state index in [4.69, 9.17) is 35.4 Å². The maximum Gasteiger partial charge on any atom is 0.229 e. The van der Waals surface area contributed by atoms with E-state index < -0.39 is 9.75 Å². The lowest BCUT2D eigenvalue weighted by molar-refractivity contribution is -0.125. The van der Waals surface area contributed by atoms with Crippen LogP contribution in [0.1, 0.15) is 37.9 Å². The Morgan fingerprint density at radius 1 is 1.60 bits per heavy atom. The van der Waals surface area contributed by atoms with Gasteiger partial charge in [0.25, 0.3) is 0 Å². The zero-order valence-corrected chi connectivity index (χ0v) is 13.4. The summed E-state index contributed by atoms with van der Waals surface area (Å²) < 4.78 is 1.63. The Kier molecular flexibility index (Phi) is 3.38. The van der Waals surface area contributed by atoms with Crippen LogP contribution in [0.3, 0.4) is 0 Å². The van der Waals surface area contributed by atoms with Crippen molar-refractivity contribution in [3.05, 3.63) is 10.6 Å². The van der Waals surface area contributed by atoms with E-state index in [1.165, 1.54) is 0 Å². The van der Waals surface area contributed by atoms with Crippen molar-refractivity contribution < 1.29 is 4.79 Å². The number of nitrogens with one attached hydrogen (secondary N) is 2. The summed E-state index contributed by atoms with van der Waals surface area (Å²) in [6.07, 6.45) is 2.81. The molecule has 2 aliphatic rings. The minimum Gasteiger partial charge on any atom is -0.354 e. The second-order valence-corrected chi connectivity index (χ2v) is 7.65. The lowest BCUT2D eigenvalue weighted by Gasteiger charge is -2.13. The van der Waals surface area contributed by atoms with E-state index in [2.05, 4.69) is 15.5 Å². The van der Waals surface area contributed by atoms with Crippen LogP contribution in [0.2, 0.25) is 0 Å². The van der Waals surface area contributed by atoms with Crippen LogP contribution in [-0.2, 0) is 11.3 Å². The van der Waals surface area contributed by atoms with Gasteiger partial charge in [-0.3, -0.25) is 9.89 Å². The molecule has 0 unspecified atom stereocenters. The topological polar surface area (TPSA) is 62.7 Å². The molecular formula is C12H16Cl2N4OS. The highest BCUT2D eigenvalue weighted by molar-refractivity contribution is 7.71. The van der Waals surface area contributed by atoms with Crippen LogP contribution in [0.5, 0.6) is 0 Å². The number of aromatic amines is 1. The third-order valence-electron chi connectivity index (χ3n) is 4.11. The Morgan fingerprint density at radius 3 is 2.80 bits per heavy atom. The van der Waals surface area contributed by atoms with Crippen molar-refractivity contribution in [1.82, 2.24) is 20.1 Å². The van der Waals surface area contributed by atoms with Crippen molar-refractivity contribution in [2.45, 2.75) is 43.0 Å². The predicted molar refractivity (Wildman–Crippen MR) is 79.6 cm³/mol. The van der Waals surface area contributed by atoms with Crippen molar-refractivity contribution in [3.8, 4) is 0 Å². The fourth-order valence-corrected chi connectivity index (χ4v) is 3.26. The van der Waals surface area contributed by atoms with Gasteiger partial charge in [-0.25, -0.2) is 0 Å². The zero-order chi connectivity index (χ0) is 14.5. The summed E-state index contributed by atoms with van der Waals surface area (Å²) in [7, 11) is 0. The fraction of sp³-hybridized carbons (Fsp3) is 0.750. The summed E-state index contributed by atoms with van der Waals surface area (Å²) in [5.41, 5.74) is -0.673. The first kappa shape index (κ1) is 14.4. The van der Waals surface area contributed by atoms with Crippen molar-refractivity contribution in [2.75, 3.05) is 6.54 Å². The molecule has 0 saturated heterocycles. The number of hydrogen-bond donors (Lipinski definition) is 2. The number of nitrogens with zero attached hydrogens (tertiary/aromatic N) is 2. The molecule has 8 heteroatoms. The molecule has 1 amide bonds. The van der Waals surface area contributed by atoms with Crippen molar-refractivity contribution in [1.29, 1.82) is 0 Å². The number of amides is 1. The standard InChI is InChI=1S/C12H16Cl2N4OS/c1-11(6-12(11,13)14)9(19)15-4-5-18-8(7-2-3-7)16-17-10(18)20/h7H,2-6H2,1H3,(H,15,19)(H,17,20)/t11-/m1/s1. The van der Waals surface area contributed by atoms with Gasteiger partial charge in [-0.05, 0) is 38.4 Å². The van der Waals surface area contributed by atoms with Gasteiger partial charge in [-0.1, -0.05) is 0 Å². The number of H-pyrrole nitrogens is 1. The average molecular weight is 335 g/mol. The largest absolute Gasteiger partial charge is 0.354 e. The maximum atomic E-state index is 12.0. The molecule has 0 spiro atoms. The molecule has 0 radical (unpaired) electrons. The monoisotopic (exact) mass is 334 g/mol. The second-order valence-electron chi connectivity index (χ2n) is 5.78. The van der Waals surface area contributed by atoms with Gasteiger partial charge in [0.05, 0.1) is 5.41 Å². The number of aromatic nitrogens is 3. The summed E-state index contributed by atoms with van der Waals surface area (Å²) in [5, 5.41) is 9.94. The van der Waals surface area contributed by atoms with Crippen molar-refractivity contribution in [3.63, 3.8) is 0 Å². The smallest absolute Gasteiger partial charge is 0.229 e. The number of alkyl halides is 2. The first-order valence-electron chi connectivity index (χ1n) is 6.66. The maximum absolute atomic E-state index is 12.0. The van der Waals surface area contributed by atoms with Crippen LogP contribution in [0.15, 0.2) is 0 Å². The molecule has 0 aliphatic heterocycles. The average Bonchev–Trinajstić information content (AvgIpc) is 3.24. The minimum atomic E-state index is -0.928. The van der Waals surface area contributed by atoms with Crippen molar-refractivity contribution in [2.24, 2.45) is 5.41 Å². The highest BCUT2D eigenvalue weighted by Crippen LogP contribution is 2.63. The molecule has 1 aromatic heterocycles. The molecule has 2 aliphatic carbocycles. The molecule has 2 N–H and O–H groups in total. The van der Waals surface area contributed by atoms with Gasteiger partial charge in [0.1, 0.15) is 10.2 Å². The van der Waals surface area contributed by atoms with E-state index in [9.17, 15) is 4.79 Å². The normalized spacial score (nSPS) is 27.4. The number of halogens is 2. The Morgan fingerprint density at radius 2 is 2.25 bits per heavy atom. The number of carbonyl (C=O) groups is 1. The summed E-state index contributed by atoms with van der Waals surface area (Å²) >= 11 is 17.2. The van der Waals surface area contributed by atoms with E-state index in [1.54, 1.807) is 6.92 Å². The van der Waals surface area contributed by atoms with Crippen LogP contribution in [0, 0.1) is 10.2 Å². The number of rotatable bonds is 5. The van der Waals surface area contributed by atoms with E-state index in [-0.39, 0.29) is 5.91 Å². The molecule has 0 aromatic carbocycles. The molecule has 1 heterocycles. The molecular weight excluding hydrogens is 319 g/mol. The quantitative estimate of drug-likeness (QED) is 0.642. The number of hydrogen-bond acceptors (Lipinski definition) is 3. The van der Waals surface area contributed by atoms with Crippen LogP contribution in [-0.4, -0.2) is 31.5 Å². The van der Waals surface area contributed by atoms with E-state index in [1.807, 2.05) is 4.57 Å². The van der Waals surface area contributed by atoms with Gasteiger partial charge in [0.2, 0.25) is 5.91 Å². The van der Waals surface area contributed by atoms with Gasteiger partial charge >= 0.3 is 0 Å². The van der Waals surface area contributed by atoms with Gasteiger partial charge in [0, 0.05) is 19.0 Å². The van der Waals surface area contributed by atoms with Gasteiger partial charge in [-0.2, -0.15) is 5.10 Å². The highest BCUT2D eigenvalue weighted by Gasteiger charge is 2.67. The zero-order valence-electron chi connectivity index (χ0n) is 11.1. The summed E-state index contributed by atoms with van der Waals surface area (Å²) in [4.78, 5) is 12.0. The summed E-state index contributed by atoms with van der Waals surface area (Å²) in [6, 6.07) is 0. The molecule has 20 heavy (non-hydrogen) atoms. The van der Waals surface area contributed by atoms with Crippen LogP contribution < -0.4 is 5.32 Å². The van der Waals surface area contributed by atoms with E-state index in [0.29, 0.717) is 30.2 Å². The Hall–Kier alpha value is -0.590. The molecule has 0 bridgehead atoms. The van der Waals surface area contributed by atoms with Crippen LogP contribution in [0.4, 0.5) is 0 Å². The SMILES string of the molecule is C[C@]1(C(=O)NCCn2c(C3CC3)n[nH]c2=S)CC1(Cl)Cl. The van der Waals surface area contributed by atoms with E-state index in [0.717, 1.165) is 18.7 Å². The Bertz CT molecular complexity index is 607. The third-order valence-corrected chi connectivity index (χ3v) is 5.52. The third kappa shape index (κ3) is 2.38. The lowest BCUT2D eigenvalue weighted by Crippen LogP contribution is -2.35. The molecule has 5 nitrogen and oxygen atoms in total. The second kappa shape index (κ2) is 4.71. The molecule has 1 aromatic rings. The van der Waals surface area contributed by atoms with Crippen LogP contribution in [0.25, 0.3) is 0 Å². The minimum absolute atomic E-state index is 0.106. The summed E-state index contributed by atoms with van der Waals surface area (Å²) in [6.45, 7) is 2.88. The molecule has 2 saturated carbocycles. The molecule has 2 fully saturated rings. The van der Waals surface area contributed by atoms with Gasteiger partial charge in [0.15, 0.2) is 4.77 Å². The first-order valence-corrected chi connectivity index (χ1v) is 7.83. The fourth-order valence-electron chi connectivity index (χ4n) is 2.32. The predicted octanol–water partition coefficient (Wildman–Crippen LogP) is 2.52. The Balaban J connectivity index is 1.57.